The van der Waals surface area contributed by atoms with Crippen molar-refractivity contribution in [3.05, 3.63) is 76.3 Å². The van der Waals surface area contributed by atoms with Gasteiger partial charge in [-0.25, -0.2) is 13.4 Å². The number of carbonyl (C=O) groups is 1. The molecule has 192 valence electrons. The second-order valence-corrected chi connectivity index (χ2v) is 11.8. The maximum atomic E-state index is 13.1. The first kappa shape index (κ1) is 25.6. The van der Waals surface area contributed by atoms with E-state index in [1.165, 1.54) is 35.6 Å². The molecule has 0 aliphatic carbocycles. The van der Waals surface area contributed by atoms with Crippen LogP contribution in [-0.4, -0.2) is 57.5 Å². The molecule has 0 saturated carbocycles. The van der Waals surface area contributed by atoms with Crippen molar-refractivity contribution in [2.45, 2.75) is 4.90 Å². The average molecular weight is 578 g/mol. The van der Waals surface area contributed by atoms with E-state index in [1.807, 2.05) is 0 Å². The number of anilines is 2. The number of carbonyl (C=O) groups excluding carboxylic acids is 1. The number of fused-ring (bicyclic) bond motifs is 1. The van der Waals surface area contributed by atoms with Crippen molar-refractivity contribution in [2.75, 3.05) is 42.9 Å². The largest absolute Gasteiger partial charge is 0.494 e. The van der Waals surface area contributed by atoms with Crippen molar-refractivity contribution in [2.24, 2.45) is 0 Å². The number of sulfonamides is 1. The highest BCUT2D eigenvalue weighted by atomic mass is 35.5. The predicted molar refractivity (Wildman–Crippen MR) is 148 cm³/mol. The maximum Gasteiger partial charge on any atom is 0.261 e. The summed E-state index contributed by atoms with van der Waals surface area (Å²) in [4.78, 5) is 21.8. The third-order valence-corrected chi connectivity index (χ3v) is 9.24. The lowest BCUT2D eigenvalue weighted by Crippen LogP contribution is -2.48. The quantitative estimate of drug-likeness (QED) is 0.331. The average Bonchev–Trinajstić information content (AvgIpc) is 3.36. The topological polar surface area (TPSA) is 91.8 Å². The second kappa shape index (κ2) is 10.4. The highest BCUT2D eigenvalue weighted by molar-refractivity contribution is 7.92. The van der Waals surface area contributed by atoms with E-state index in [9.17, 15) is 13.2 Å². The van der Waals surface area contributed by atoms with Crippen LogP contribution in [0.3, 0.4) is 0 Å². The molecular weight excluding hydrogens is 555 g/mol. The number of ether oxygens (including phenoxy) is 1. The van der Waals surface area contributed by atoms with Crippen LogP contribution in [-0.2, 0) is 10.0 Å². The van der Waals surface area contributed by atoms with Gasteiger partial charge in [-0.3, -0.25) is 9.52 Å². The number of aromatic nitrogens is 1. The van der Waals surface area contributed by atoms with E-state index < -0.39 is 10.0 Å². The Hall–Kier alpha value is -3.05. The Morgan fingerprint density at radius 3 is 2.30 bits per heavy atom. The van der Waals surface area contributed by atoms with Gasteiger partial charge in [0.15, 0.2) is 5.13 Å². The first-order chi connectivity index (χ1) is 17.7. The summed E-state index contributed by atoms with van der Waals surface area (Å²) in [7, 11) is -2.16. The molecule has 4 aromatic rings. The van der Waals surface area contributed by atoms with Gasteiger partial charge in [0.1, 0.15) is 11.3 Å². The van der Waals surface area contributed by atoms with Crippen molar-refractivity contribution in [1.29, 1.82) is 0 Å². The van der Waals surface area contributed by atoms with Crippen molar-refractivity contribution < 1.29 is 17.9 Å². The van der Waals surface area contributed by atoms with Crippen LogP contribution in [0.15, 0.2) is 65.6 Å². The molecule has 1 N–H and O–H groups in total. The Labute approximate surface area is 228 Å². The molecule has 2 heterocycles. The molecule has 1 fully saturated rings. The summed E-state index contributed by atoms with van der Waals surface area (Å²) < 4.78 is 34.0. The van der Waals surface area contributed by atoms with Crippen LogP contribution in [0.4, 0.5) is 10.8 Å². The third kappa shape index (κ3) is 5.33. The Morgan fingerprint density at radius 2 is 1.65 bits per heavy atom. The second-order valence-electron chi connectivity index (χ2n) is 8.34. The van der Waals surface area contributed by atoms with Crippen molar-refractivity contribution in [1.82, 2.24) is 9.88 Å². The number of rotatable bonds is 6. The minimum absolute atomic E-state index is 0.101. The van der Waals surface area contributed by atoms with Crippen LogP contribution in [0.1, 0.15) is 10.4 Å². The molecule has 0 spiro atoms. The first-order valence-electron chi connectivity index (χ1n) is 11.3. The van der Waals surface area contributed by atoms with Crippen molar-refractivity contribution >= 4 is 71.5 Å². The van der Waals surface area contributed by atoms with Gasteiger partial charge in [0.25, 0.3) is 15.9 Å². The normalized spacial score (nSPS) is 14.1. The van der Waals surface area contributed by atoms with Gasteiger partial charge in [-0.1, -0.05) is 34.5 Å². The SMILES string of the molecule is COc1ccc(Cl)c2sc(N3CCN(C(=O)c4ccc(NS(=O)(=O)c5ccc(Cl)cc5)cc4)CC3)nc12. The van der Waals surface area contributed by atoms with Crippen molar-refractivity contribution in [3.8, 4) is 5.75 Å². The lowest BCUT2D eigenvalue weighted by atomic mass is 10.1. The first-order valence-corrected chi connectivity index (χ1v) is 14.4. The van der Waals surface area contributed by atoms with Gasteiger partial charge in [0.2, 0.25) is 0 Å². The van der Waals surface area contributed by atoms with Gasteiger partial charge in [-0.2, -0.15) is 0 Å². The molecule has 3 aromatic carbocycles. The fraction of sp³-hybridized carbons (Fsp3) is 0.200. The Kier molecular flexibility index (Phi) is 7.17. The molecule has 1 aliphatic heterocycles. The minimum atomic E-state index is -3.76. The van der Waals surface area contributed by atoms with Crippen LogP contribution in [0.25, 0.3) is 10.2 Å². The summed E-state index contributed by atoms with van der Waals surface area (Å²) in [6.45, 7) is 2.32. The summed E-state index contributed by atoms with van der Waals surface area (Å²) in [6.07, 6.45) is 0. The number of nitrogens with zero attached hydrogens (tertiary/aromatic N) is 3. The number of thiazole rings is 1. The predicted octanol–water partition coefficient (Wildman–Crippen LogP) is 5.37. The maximum absolute atomic E-state index is 13.1. The van der Waals surface area contributed by atoms with Crippen LogP contribution in [0.5, 0.6) is 5.75 Å². The highest BCUT2D eigenvalue weighted by Crippen LogP contribution is 2.38. The van der Waals surface area contributed by atoms with Gasteiger partial charge < -0.3 is 14.5 Å². The molecule has 0 radical (unpaired) electrons. The fourth-order valence-corrected chi connectivity index (χ4v) is 6.53. The molecule has 0 unspecified atom stereocenters. The number of piperazine rings is 1. The van der Waals surface area contributed by atoms with Crippen molar-refractivity contribution in [3.63, 3.8) is 0 Å². The molecule has 1 saturated heterocycles. The lowest BCUT2D eigenvalue weighted by Gasteiger charge is -2.34. The van der Waals surface area contributed by atoms with E-state index >= 15 is 0 Å². The molecule has 1 aromatic heterocycles. The van der Waals surface area contributed by atoms with Gasteiger partial charge in [0.05, 0.1) is 21.7 Å². The summed E-state index contributed by atoms with van der Waals surface area (Å²) in [5.41, 5.74) is 1.58. The number of hydrogen-bond acceptors (Lipinski definition) is 7. The number of benzene rings is 3. The zero-order chi connectivity index (χ0) is 26.2. The standard InChI is InChI=1S/C25H22Cl2N4O4S2/c1-35-21-11-10-20(27)23-22(21)28-25(36-23)31-14-12-30(13-15-31)24(32)16-2-6-18(7-3-16)29-37(33,34)19-8-4-17(26)5-9-19/h2-11,29H,12-15H2,1H3. The van der Waals surface area contributed by atoms with E-state index in [4.69, 9.17) is 32.9 Å². The molecule has 0 atom stereocenters. The monoisotopic (exact) mass is 576 g/mol. The number of methoxy groups -OCH3 is 1. The number of hydrogen-bond donors (Lipinski definition) is 1. The molecule has 5 rings (SSSR count). The number of nitrogens with one attached hydrogen (secondary N) is 1. The van der Waals surface area contributed by atoms with E-state index in [-0.39, 0.29) is 10.8 Å². The van der Waals surface area contributed by atoms with Crippen LogP contribution < -0.4 is 14.4 Å². The molecular formula is C25H22Cl2N4O4S2. The smallest absolute Gasteiger partial charge is 0.261 e. The third-order valence-electron chi connectivity index (χ3n) is 6.01. The molecule has 1 amide bonds. The lowest BCUT2D eigenvalue weighted by molar-refractivity contribution is 0.0747. The molecule has 37 heavy (non-hydrogen) atoms. The number of amides is 1. The molecule has 1 aliphatic rings. The molecule has 8 nitrogen and oxygen atoms in total. The van der Waals surface area contributed by atoms with E-state index in [1.54, 1.807) is 48.4 Å². The molecule has 0 bridgehead atoms. The zero-order valence-corrected chi connectivity index (χ0v) is 22.8. The van der Waals surface area contributed by atoms with Crippen LogP contribution in [0.2, 0.25) is 10.0 Å². The summed E-state index contributed by atoms with van der Waals surface area (Å²) in [6, 6.07) is 15.9. The van der Waals surface area contributed by atoms with Gasteiger partial charge in [0, 0.05) is 42.5 Å². The molecule has 12 heteroatoms. The van der Waals surface area contributed by atoms with Gasteiger partial charge in [-0.15, -0.1) is 0 Å². The summed E-state index contributed by atoms with van der Waals surface area (Å²) in [5, 5.41) is 1.92. The van der Waals surface area contributed by atoms with Gasteiger partial charge >= 0.3 is 0 Å². The Bertz CT molecular complexity index is 1550. The van der Waals surface area contributed by atoms with E-state index in [0.717, 1.165) is 15.3 Å². The Balaban J connectivity index is 1.22. The zero-order valence-electron chi connectivity index (χ0n) is 19.6. The van der Waals surface area contributed by atoms with Crippen LogP contribution >= 0.6 is 34.5 Å². The van der Waals surface area contributed by atoms with E-state index in [2.05, 4.69) is 9.62 Å². The fourth-order valence-electron chi connectivity index (χ4n) is 4.03. The van der Waals surface area contributed by atoms with Gasteiger partial charge in [-0.05, 0) is 60.7 Å². The number of halogens is 2. The van der Waals surface area contributed by atoms with E-state index in [0.29, 0.717) is 53.2 Å². The summed E-state index contributed by atoms with van der Waals surface area (Å²) >= 11 is 13.7. The summed E-state index contributed by atoms with van der Waals surface area (Å²) in [5.74, 6) is 0.565. The minimum Gasteiger partial charge on any atom is -0.494 e. The van der Waals surface area contributed by atoms with Crippen LogP contribution in [0, 0.1) is 0 Å². The highest BCUT2D eigenvalue weighted by Gasteiger charge is 2.25. The Morgan fingerprint density at radius 1 is 0.973 bits per heavy atom.